The fraction of sp³-hybridized carbons (Fsp3) is 0.0154. The summed E-state index contributed by atoms with van der Waals surface area (Å²) in [6.07, 6.45) is 0. The van der Waals surface area contributed by atoms with Crippen molar-refractivity contribution in [3.8, 4) is 55.6 Å². The van der Waals surface area contributed by atoms with E-state index < -0.39 is 5.41 Å². The lowest BCUT2D eigenvalue weighted by Crippen LogP contribution is -2.28. The largest absolute Gasteiger partial charge is 0.309 e. The van der Waals surface area contributed by atoms with Gasteiger partial charge in [0, 0.05) is 16.8 Å². The van der Waals surface area contributed by atoms with E-state index >= 15 is 0 Å². The molecule has 0 saturated carbocycles. The number of hydrogen-bond donors (Lipinski definition) is 0. The molecule has 0 amide bonds. The molecule has 66 heavy (non-hydrogen) atoms. The summed E-state index contributed by atoms with van der Waals surface area (Å²) in [4.78, 5) is 2.51. The van der Waals surface area contributed by atoms with Crippen molar-refractivity contribution in [1.82, 2.24) is 0 Å². The molecule has 0 aliphatic heterocycles. The number of fused-ring (bicyclic) bond motifs is 4. The van der Waals surface area contributed by atoms with Gasteiger partial charge in [-0.2, -0.15) is 0 Å². The van der Waals surface area contributed by atoms with E-state index in [-0.39, 0.29) is 0 Å². The Kier molecular flexibility index (Phi) is 9.81. The SMILES string of the molecule is c1ccc(-c2ccccc2-c2ccccc2N(c2ccc(-c3cccc(-c4cccc5ccccc45)c3)cc2)c2cccc3c2-c2ccccc2C3(c2ccccc2)c2ccccc2)cc1. The first kappa shape index (κ1) is 39.1. The van der Waals surface area contributed by atoms with Crippen LogP contribution in [0.3, 0.4) is 0 Å². The fourth-order valence-corrected chi connectivity index (χ4v) is 10.7. The highest BCUT2D eigenvalue weighted by atomic mass is 15.1. The zero-order valence-electron chi connectivity index (χ0n) is 36.4. The van der Waals surface area contributed by atoms with Crippen molar-refractivity contribution >= 4 is 27.8 Å². The molecule has 0 unspecified atom stereocenters. The summed E-state index contributed by atoms with van der Waals surface area (Å²) in [5, 5.41) is 2.51. The molecule has 0 aromatic heterocycles. The lowest BCUT2D eigenvalue weighted by atomic mass is 9.68. The molecule has 0 fully saturated rings. The van der Waals surface area contributed by atoms with Crippen molar-refractivity contribution in [3.05, 3.63) is 295 Å². The van der Waals surface area contributed by atoms with Gasteiger partial charge in [-0.05, 0) is 108 Å². The molecule has 1 heteroatoms. The molecular formula is C65H45N. The van der Waals surface area contributed by atoms with E-state index in [1.165, 1.54) is 83.1 Å². The van der Waals surface area contributed by atoms with Crippen molar-refractivity contribution in [2.75, 3.05) is 4.90 Å². The van der Waals surface area contributed by atoms with Crippen LogP contribution in [0.2, 0.25) is 0 Å². The predicted octanol–water partition coefficient (Wildman–Crippen LogP) is 17.3. The van der Waals surface area contributed by atoms with Crippen LogP contribution in [0.5, 0.6) is 0 Å². The maximum atomic E-state index is 2.51. The Bertz CT molecular complexity index is 3470. The van der Waals surface area contributed by atoms with Gasteiger partial charge in [0.2, 0.25) is 0 Å². The van der Waals surface area contributed by atoms with E-state index in [0.717, 1.165) is 22.6 Å². The summed E-state index contributed by atoms with van der Waals surface area (Å²) in [6, 6.07) is 100. The quantitative estimate of drug-likeness (QED) is 0.140. The minimum absolute atomic E-state index is 0.533. The molecule has 310 valence electrons. The Hall–Kier alpha value is -8.52. The highest BCUT2D eigenvalue weighted by Gasteiger charge is 2.47. The lowest BCUT2D eigenvalue weighted by Gasteiger charge is -2.34. The van der Waals surface area contributed by atoms with E-state index in [4.69, 9.17) is 0 Å². The molecule has 0 spiro atoms. The Morgan fingerprint density at radius 3 is 1.53 bits per heavy atom. The van der Waals surface area contributed by atoms with Crippen LogP contribution in [0, 0.1) is 0 Å². The Balaban J connectivity index is 1.08. The second kappa shape index (κ2) is 16.6. The molecule has 1 aliphatic rings. The summed E-state index contributed by atoms with van der Waals surface area (Å²) in [5.74, 6) is 0. The predicted molar refractivity (Wildman–Crippen MR) is 278 cm³/mol. The van der Waals surface area contributed by atoms with Crippen LogP contribution in [0.1, 0.15) is 22.3 Å². The fourth-order valence-electron chi connectivity index (χ4n) is 10.7. The van der Waals surface area contributed by atoms with Crippen molar-refractivity contribution in [3.63, 3.8) is 0 Å². The molecule has 0 N–H and O–H groups in total. The van der Waals surface area contributed by atoms with Gasteiger partial charge in [-0.25, -0.2) is 0 Å². The van der Waals surface area contributed by atoms with E-state index in [1.54, 1.807) is 0 Å². The normalized spacial score (nSPS) is 12.4. The second-order valence-electron chi connectivity index (χ2n) is 17.1. The van der Waals surface area contributed by atoms with Gasteiger partial charge in [-0.1, -0.05) is 243 Å². The molecule has 1 aliphatic carbocycles. The highest BCUT2D eigenvalue weighted by Crippen LogP contribution is 2.60. The molecular weight excluding hydrogens is 795 g/mol. The molecule has 12 rings (SSSR count). The second-order valence-corrected chi connectivity index (χ2v) is 17.1. The summed E-state index contributed by atoms with van der Waals surface area (Å²) < 4.78 is 0. The van der Waals surface area contributed by atoms with Crippen LogP contribution in [0.15, 0.2) is 273 Å². The number of nitrogens with zero attached hydrogens (tertiary/aromatic N) is 1. The molecule has 0 radical (unpaired) electrons. The molecule has 0 saturated heterocycles. The van der Waals surface area contributed by atoms with Crippen LogP contribution in [-0.4, -0.2) is 0 Å². The standard InChI is InChI=1S/C65H45N/c1-4-21-47(22-5-1)55-32-12-13-33-57(55)58-34-15-17-39-62(58)66(53-43-41-46(42-44-53)49-25-18-26-50(45-49)56-36-19-24-48-23-10-11-31-54(48)56)63-40-20-38-61-64(63)59-35-14-16-37-60(59)65(61,51-27-6-2-7-28-51)52-29-8-3-9-30-52/h1-45H. The molecule has 0 atom stereocenters. The maximum absolute atomic E-state index is 2.51. The number of hydrogen-bond acceptors (Lipinski definition) is 1. The van der Waals surface area contributed by atoms with Gasteiger partial charge in [0.15, 0.2) is 0 Å². The van der Waals surface area contributed by atoms with E-state index in [9.17, 15) is 0 Å². The number of benzene rings is 11. The molecule has 11 aromatic carbocycles. The molecule has 1 nitrogen and oxygen atoms in total. The van der Waals surface area contributed by atoms with Crippen molar-refractivity contribution in [2.45, 2.75) is 5.41 Å². The number of anilines is 3. The van der Waals surface area contributed by atoms with Crippen molar-refractivity contribution in [2.24, 2.45) is 0 Å². The first-order chi connectivity index (χ1) is 32.8. The lowest BCUT2D eigenvalue weighted by molar-refractivity contribution is 0.768. The first-order valence-electron chi connectivity index (χ1n) is 22.8. The maximum Gasteiger partial charge on any atom is 0.0714 e. The average Bonchev–Trinajstić information content (AvgIpc) is 3.71. The van der Waals surface area contributed by atoms with Crippen LogP contribution >= 0.6 is 0 Å². The number of rotatable bonds is 9. The van der Waals surface area contributed by atoms with Gasteiger partial charge in [-0.15, -0.1) is 0 Å². The minimum Gasteiger partial charge on any atom is -0.309 e. The van der Waals surface area contributed by atoms with Gasteiger partial charge < -0.3 is 4.90 Å². The Morgan fingerprint density at radius 2 is 0.773 bits per heavy atom. The summed E-state index contributed by atoms with van der Waals surface area (Å²) in [5.41, 5.74) is 19.8. The summed E-state index contributed by atoms with van der Waals surface area (Å²) in [7, 11) is 0. The topological polar surface area (TPSA) is 3.24 Å². The van der Waals surface area contributed by atoms with Gasteiger partial charge in [0.05, 0.1) is 16.8 Å². The molecule has 0 bridgehead atoms. The summed E-state index contributed by atoms with van der Waals surface area (Å²) in [6.45, 7) is 0. The molecule has 0 heterocycles. The van der Waals surface area contributed by atoms with Gasteiger partial charge in [0.1, 0.15) is 0 Å². The van der Waals surface area contributed by atoms with Crippen molar-refractivity contribution < 1.29 is 0 Å². The Labute approximate surface area is 387 Å². The van der Waals surface area contributed by atoms with Crippen LogP contribution in [0.25, 0.3) is 66.4 Å². The van der Waals surface area contributed by atoms with Crippen LogP contribution in [0.4, 0.5) is 17.1 Å². The zero-order chi connectivity index (χ0) is 43.9. The highest BCUT2D eigenvalue weighted by molar-refractivity contribution is 6.01. The van der Waals surface area contributed by atoms with E-state index in [2.05, 4.69) is 278 Å². The smallest absolute Gasteiger partial charge is 0.0714 e. The van der Waals surface area contributed by atoms with E-state index in [1.807, 2.05) is 0 Å². The molecule has 11 aromatic rings. The summed E-state index contributed by atoms with van der Waals surface area (Å²) >= 11 is 0. The first-order valence-corrected chi connectivity index (χ1v) is 22.8. The van der Waals surface area contributed by atoms with Gasteiger partial charge >= 0.3 is 0 Å². The third-order valence-corrected chi connectivity index (χ3v) is 13.6. The minimum atomic E-state index is -0.533. The third kappa shape index (κ3) is 6.47. The number of para-hydroxylation sites is 1. The zero-order valence-corrected chi connectivity index (χ0v) is 36.4. The average molecular weight is 840 g/mol. The monoisotopic (exact) mass is 839 g/mol. The van der Waals surface area contributed by atoms with Gasteiger partial charge in [-0.3, -0.25) is 0 Å². The Morgan fingerprint density at radius 1 is 0.273 bits per heavy atom. The third-order valence-electron chi connectivity index (χ3n) is 13.6. The van der Waals surface area contributed by atoms with E-state index in [0.29, 0.717) is 0 Å². The van der Waals surface area contributed by atoms with Crippen LogP contribution in [-0.2, 0) is 5.41 Å². The van der Waals surface area contributed by atoms with Crippen molar-refractivity contribution in [1.29, 1.82) is 0 Å². The van der Waals surface area contributed by atoms with Crippen LogP contribution < -0.4 is 4.90 Å². The van der Waals surface area contributed by atoms with Gasteiger partial charge in [0.25, 0.3) is 0 Å².